The number of benzene rings is 8. The second-order valence-electron chi connectivity index (χ2n) is 35.6. The minimum atomic E-state index is -2.08. The van der Waals surface area contributed by atoms with Gasteiger partial charge in [-0.05, 0) is 259 Å². The zero-order chi connectivity index (χ0) is 74.4. The van der Waals surface area contributed by atoms with Gasteiger partial charge < -0.3 is 14.2 Å². The van der Waals surface area contributed by atoms with E-state index >= 15 is 0 Å². The molecule has 1 aliphatic heterocycles. The lowest BCUT2D eigenvalue weighted by Gasteiger charge is -2.40. The zero-order valence-electron chi connectivity index (χ0n) is 67.5. The first kappa shape index (κ1) is 75.7. The Balaban J connectivity index is 0.000000152. The van der Waals surface area contributed by atoms with Crippen LogP contribution in [0.25, 0.3) is 68.8 Å². The van der Waals surface area contributed by atoms with E-state index in [1.54, 1.807) is 51.6 Å². The molecule has 0 amide bonds. The molecule has 8 aromatic carbocycles. The predicted octanol–water partition coefficient (Wildman–Crippen LogP) is 26.9. The molecule has 6 aliphatic carbocycles. The molecule has 6 heteroatoms. The quantitative estimate of drug-likeness (QED) is 0.106. The number of methoxy groups -OCH3 is 2. The van der Waals surface area contributed by atoms with E-state index in [1.807, 2.05) is 7.11 Å². The smallest absolute Gasteiger partial charge is 0.161 e. The van der Waals surface area contributed by atoms with E-state index in [9.17, 15) is 0 Å². The highest BCUT2D eigenvalue weighted by Crippen LogP contribution is 2.59. The van der Waals surface area contributed by atoms with E-state index in [0.717, 1.165) is 24.5 Å². The standard InChI is InChI=1S/C46H54OSi.C25H33ClOSi.C21H22.C5H10O/c1-26-16-27(2)19-33(18-26)41-35-15-13-14-32(35)24-38-36(41)22-30(5)44(38)48(11,12)45-31(6)23-37-39(45)25-40(46(7,8)9)43(47-10)42(37)34-20-28(3)17-29(4)21-34;1-15-10-16(2)12-18(11-15)22-19-13-17(3)24(28(8,9)26)20(19)14-21(23(22)27-7)25(4,5)6;1-13-7-14(2)10-18(9-13)21-19-6-4-5-16(19)12-17-8-15(3)11-20(17)21;1-5-3-2-4-6-5/h16-25,44-45H,13-15H2,1-12H3;10-14,24H,1-9H3;7-10,12H,4-6,11H2,1-3H3;5H,2-4H2,1H3. The second kappa shape index (κ2) is 29.0. The molecule has 0 saturated carbocycles. The molecule has 0 aromatic heterocycles. The average Bonchev–Trinajstić information content (AvgIpc) is 1.69. The number of aryl methyl sites for hydroxylation is 10. The van der Waals surface area contributed by atoms with Gasteiger partial charge in [-0.3, -0.25) is 0 Å². The molecular formula is C97H119ClO3Si2. The van der Waals surface area contributed by atoms with Crippen molar-refractivity contribution >= 4 is 50.8 Å². The molecule has 1 fully saturated rings. The summed E-state index contributed by atoms with van der Waals surface area (Å²) >= 11 is 7.02. The summed E-state index contributed by atoms with van der Waals surface area (Å²) in [4.78, 5) is 0. The zero-order valence-corrected chi connectivity index (χ0v) is 70.3. The maximum Gasteiger partial charge on any atom is 0.161 e. The molecule has 4 atom stereocenters. The van der Waals surface area contributed by atoms with Crippen LogP contribution in [0.4, 0.5) is 0 Å². The number of fused-ring (bicyclic) bond motifs is 6. The lowest BCUT2D eigenvalue weighted by molar-refractivity contribution is 0.125. The van der Waals surface area contributed by atoms with Crippen LogP contribution >= 0.6 is 11.1 Å². The summed E-state index contributed by atoms with van der Waals surface area (Å²) in [6.45, 7) is 53.8. The fourth-order valence-electron chi connectivity index (χ4n) is 19.8. The van der Waals surface area contributed by atoms with Crippen molar-refractivity contribution in [2.24, 2.45) is 0 Å². The van der Waals surface area contributed by atoms with E-state index in [1.165, 1.54) is 196 Å². The first-order valence-corrected chi connectivity index (χ1v) is 45.9. The highest BCUT2D eigenvalue weighted by Gasteiger charge is 2.49. The van der Waals surface area contributed by atoms with Crippen LogP contribution < -0.4 is 9.47 Å². The van der Waals surface area contributed by atoms with Gasteiger partial charge in [0.1, 0.15) is 11.5 Å². The first-order valence-electron chi connectivity index (χ1n) is 38.7. The number of hydrogen-bond donors (Lipinski definition) is 0. The third-order valence-electron chi connectivity index (χ3n) is 23.4. The van der Waals surface area contributed by atoms with Crippen LogP contribution in [-0.4, -0.2) is 42.4 Å². The van der Waals surface area contributed by atoms with Gasteiger partial charge in [-0.1, -0.05) is 256 Å². The van der Waals surface area contributed by atoms with E-state index in [-0.39, 0.29) is 10.8 Å². The summed E-state index contributed by atoms with van der Waals surface area (Å²) < 4.78 is 17.6. The van der Waals surface area contributed by atoms with Gasteiger partial charge in [0.05, 0.1) is 28.4 Å². The maximum absolute atomic E-state index is 7.02. The Kier molecular flexibility index (Phi) is 21.3. The number of rotatable bonds is 9. The molecule has 3 nitrogen and oxygen atoms in total. The summed E-state index contributed by atoms with van der Waals surface area (Å²) in [7, 11) is -0.348. The van der Waals surface area contributed by atoms with Crippen molar-refractivity contribution in [3.63, 3.8) is 0 Å². The van der Waals surface area contributed by atoms with Crippen molar-refractivity contribution in [1.29, 1.82) is 0 Å². The molecule has 0 bridgehead atoms. The summed E-state index contributed by atoms with van der Waals surface area (Å²) in [5.41, 5.74) is 49.3. The fraction of sp³-hybridized carbons (Fsp3) is 0.423. The van der Waals surface area contributed by atoms with Crippen LogP contribution in [0.5, 0.6) is 11.5 Å². The van der Waals surface area contributed by atoms with Crippen LogP contribution in [0, 0.1) is 55.4 Å². The molecular weight excluding hydrogens is 1300 g/mol. The van der Waals surface area contributed by atoms with E-state index < -0.39 is 15.5 Å². The molecule has 7 aliphatic rings. The van der Waals surface area contributed by atoms with Gasteiger partial charge >= 0.3 is 0 Å². The minimum Gasteiger partial charge on any atom is -0.496 e. The third-order valence-corrected chi connectivity index (χ3v) is 30.7. The highest BCUT2D eigenvalue weighted by atomic mass is 35.6. The normalized spacial score (nSPS) is 18.4. The predicted molar refractivity (Wildman–Crippen MR) is 452 cm³/mol. The molecule has 1 heterocycles. The highest BCUT2D eigenvalue weighted by molar-refractivity contribution is 7.20. The Labute approximate surface area is 628 Å². The summed E-state index contributed by atoms with van der Waals surface area (Å²) in [6, 6.07) is 38.0. The Morgan fingerprint density at radius 2 is 0.767 bits per heavy atom. The van der Waals surface area contributed by atoms with Crippen molar-refractivity contribution in [1.82, 2.24) is 0 Å². The van der Waals surface area contributed by atoms with E-state index in [4.69, 9.17) is 25.3 Å². The number of halogens is 1. The van der Waals surface area contributed by atoms with Crippen LogP contribution in [-0.2, 0) is 47.7 Å². The van der Waals surface area contributed by atoms with Crippen molar-refractivity contribution in [2.75, 3.05) is 20.8 Å². The van der Waals surface area contributed by atoms with Gasteiger partial charge in [-0.25, -0.2) is 0 Å². The SMILES string of the molecule is CC1=Cc2cc3c(c(-c4cc(C)cc(C)c4)c2C1)CCC3.CC1CCCO1.COc1c(C(C)(C)C)cc2c(c1-c1cc(C)cc(C)c1)C=C(C)C2[Si](C)(C)C1C(C)=Cc2c1cc1c(c2-c2cc(C)cc(C)c2)CCC1.COc1c(C(C)(C)C)cc2c(c1-c1cc(C)cc(C)c1)C=C(C)C2[Si](C)(C)Cl. The Hall–Kier alpha value is -7.00. The molecule has 0 N–H and O–H groups in total. The topological polar surface area (TPSA) is 27.7 Å². The van der Waals surface area contributed by atoms with Crippen molar-refractivity contribution in [3.8, 4) is 56.0 Å². The Morgan fingerprint density at radius 1 is 0.408 bits per heavy atom. The van der Waals surface area contributed by atoms with Crippen LogP contribution in [0.2, 0.25) is 26.2 Å². The molecule has 8 aromatic rings. The van der Waals surface area contributed by atoms with Gasteiger partial charge in [-0.15, -0.1) is 0 Å². The molecule has 103 heavy (non-hydrogen) atoms. The first-order chi connectivity index (χ1) is 48.4. The van der Waals surface area contributed by atoms with Gasteiger partial charge in [-0.2, -0.15) is 11.1 Å². The lowest BCUT2D eigenvalue weighted by atomic mass is 9.81. The molecule has 0 spiro atoms. The van der Waals surface area contributed by atoms with Crippen molar-refractivity contribution in [3.05, 3.63) is 242 Å². The second-order valence-corrected chi connectivity index (χ2v) is 47.0. The number of hydrogen-bond acceptors (Lipinski definition) is 3. The van der Waals surface area contributed by atoms with Crippen molar-refractivity contribution in [2.45, 2.75) is 249 Å². The van der Waals surface area contributed by atoms with Crippen LogP contribution in [0.15, 0.2) is 119 Å². The van der Waals surface area contributed by atoms with Gasteiger partial charge in [0.15, 0.2) is 7.38 Å². The molecule has 4 unspecified atom stereocenters. The van der Waals surface area contributed by atoms with Gasteiger partial charge in [0.2, 0.25) is 0 Å². The Morgan fingerprint density at radius 3 is 1.14 bits per heavy atom. The van der Waals surface area contributed by atoms with Crippen LogP contribution in [0.1, 0.15) is 241 Å². The summed E-state index contributed by atoms with van der Waals surface area (Å²) in [6.07, 6.45) is 21.5. The Bertz CT molecular complexity index is 4740. The monoisotopic (exact) mass is 1420 g/mol. The molecule has 1 saturated heterocycles. The largest absolute Gasteiger partial charge is 0.496 e. The van der Waals surface area contributed by atoms with E-state index in [0.29, 0.717) is 22.7 Å². The lowest BCUT2D eigenvalue weighted by Crippen LogP contribution is -2.42. The maximum atomic E-state index is 7.02. The molecule has 15 rings (SSSR count). The fourth-order valence-corrected chi connectivity index (χ4v) is 27.8. The molecule has 540 valence electrons. The average molecular weight is 1420 g/mol. The van der Waals surface area contributed by atoms with Crippen LogP contribution in [0.3, 0.4) is 0 Å². The molecule has 0 radical (unpaired) electrons. The van der Waals surface area contributed by atoms with Gasteiger partial charge in [0.25, 0.3) is 0 Å². The summed E-state index contributed by atoms with van der Waals surface area (Å²) in [5.74, 6) is 2.03. The minimum absolute atomic E-state index is 0.0208. The number of ether oxygens (including phenoxy) is 3. The van der Waals surface area contributed by atoms with E-state index in [2.05, 4.69) is 279 Å². The van der Waals surface area contributed by atoms with Crippen molar-refractivity contribution < 1.29 is 14.2 Å². The van der Waals surface area contributed by atoms with Gasteiger partial charge in [0, 0.05) is 45.5 Å². The third kappa shape index (κ3) is 15.0. The summed E-state index contributed by atoms with van der Waals surface area (Å²) in [5, 5.41) is 0. The number of allylic oxidation sites excluding steroid dienone is 4.